The van der Waals surface area contributed by atoms with E-state index in [0.29, 0.717) is 18.5 Å². The van der Waals surface area contributed by atoms with Gasteiger partial charge in [0.2, 0.25) is 0 Å². The summed E-state index contributed by atoms with van der Waals surface area (Å²) >= 11 is 0. The van der Waals surface area contributed by atoms with Gasteiger partial charge in [0.1, 0.15) is 5.83 Å². The predicted octanol–water partition coefficient (Wildman–Crippen LogP) is 5.28. The number of hydrogen-bond acceptors (Lipinski definition) is 3. The number of nitrogens with zero attached hydrogens (tertiary/aromatic N) is 1. The minimum atomic E-state index is -0.902. The molecular formula is C25H27FN2O2. The molecule has 30 heavy (non-hydrogen) atoms. The van der Waals surface area contributed by atoms with Crippen molar-refractivity contribution in [2.45, 2.75) is 44.7 Å². The molecule has 2 aliphatic rings. The number of rotatable bonds is 7. The molecule has 1 unspecified atom stereocenters. The highest BCUT2D eigenvalue weighted by Gasteiger charge is 2.20. The number of benzene rings is 2. The van der Waals surface area contributed by atoms with E-state index in [0.717, 1.165) is 19.4 Å². The second kappa shape index (κ2) is 9.26. The number of hydrogen-bond donors (Lipinski definition) is 2. The monoisotopic (exact) mass is 406 g/mol. The van der Waals surface area contributed by atoms with Crippen molar-refractivity contribution >= 4 is 17.3 Å². The van der Waals surface area contributed by atoms with Crippen molar-refractivity contribution in [2.75, 3.05) is 11.4 Å². The van der Waals surface area contributed by atoms with Crippen LogP contribution in [0.5, 0.6) is 0 Å². The van der Waals surface area contributed by atoms with Crippen LogP contribution in [-0.4, -0.2) is 23.7 Å². The lowest BCUT2D eigenvalue weighted by atomic mass is 9.97. The molecule has 0 saturated heterocycles. The van der Waals surface area contributed by atoms with Gasteiger partial charge >= 0.3 is 5.97 Å². The number of aryl methyl sites for hydroxylation is 1. The first-order valence-corrected chi connectivity index (χ1v) is 10.6. The van der Waals surface area contributed by atoms with E-state index in [1.54, 1.807) is 6.08 Å². The first-order valence-electron chi connectivity index (χ1n) is 10.6. The third-order valence-electron chi connectivity index (χ3n) is 5.79. The van der Waals surface area contributed by atoms with Gasteiger partial charge in [-0.2, -0.15) is 0 Å². The molecule has 1 aliphatic heterocycles. The predicted molar refractivity (Wildman–Crippen MR) is 118 cm³/mol. The molecule has 1 aliphatic carbocycles. The van der Waals surface area contributed by atoms with Crippen molar-refractivity contribution in [3.63, 3.8) is 0 Å². The second-order valence-corrected chi connectivity index (χ2v) is 7.91. The minimum absolute atomic E-state index is 0.0434. The van der Waals surface area contributed by atoms with Crippen molar-refractivity contribution in [1.29, 1.82) is 0 Å². The fourth-order valence-electron chi connectivity index (χ4n) is 4.18. The zero-order valence-corrected chi connectivity index (χ0v) is 17.0. The molecule has 2 N–H and O–H groups in total. The summed E-state index contributed by atoms with van der Waals surface area (Å²) in [6.45, 7) is 1.66. The van der Waals surface area contributed by atoms with Gasteiger partial charge in [-0.3, -0.25) is 4.79 Å². The Labute approximate surface area is 176 Å². The van der Waals surface area contributed by atoms with Crippen molar-refractivity contribution in [3.8, 4) is 0 Å². The number of nitrogens with one attached hydrogen (secondary N) is 1. The number of allylic oxidation sites excluding steroid dienone is 2. The number of para-hydroxylation sites is 1. The average molecular weight is 407 g/mol. The van der Waals surface area contributed by atoms with Crippen LogP contribution in [0.4, 0.5) is 15.8 Å². The minimum Gasteiger partial charge on any atom is -0.481 e. The van der Waals surface area contributed by atoms with Gasteiger partial charge in [0.15, 0.2) is 0 Å². The highest BCUT2D eigenvalue weighted by Crippen LogP contribution is 2.34. The molecule has 156 valence electrons. The van der Waals surface area contributed by atoms with Gasteiger partial charge in [-0.05, 0) is 66.7 Å². The molecule has 0 spiro atoms. The Morgan fingerprint density at radius 1 is 1.20 bits per heavy atom. The van der Waals surface area contributed by atoms with Crippen molar-refractivity contribution in [1.82, 2.24) is 5.32 Å². The maximum Gasteiger partial charge on any atom is 0.303 e. The Kier molecular flexibility index (Phi) is 6.29. The maximum atomic E-state index is 14.3. The quantitative estimate of drug-likeness (QED) is 0.657. The fourth-order valence-corrected chi connectivity index (χ4v) is 4.18. The first kappa shape index (κ1) is 20.4. The molecule has 0 amide bonds. The van der Waals surface area contributed by atoms with Gasteiger partial charge in [-0.25, -0.2) is 4.39 Å². The van der Waals surface area contributed by atoms with Gasteiger partial charge in [-0.1, -0.05) is 36.4 Å². The van der Waals surface area contributed by atoms with Crippen LogP contribution in [0.2, 0.25) is 0 Å². The second-order valence-electron chi connectivity index (χ2n) is 7.91. The molecule has 5 heteroatoms. The Balaban J connectivity index is 1.41. The van der Waals surface area contributed by atoms with Crippen molar-refractivity contribution in [2.24, 2.45) is 0 Å². The third-order valence-corrected chi connectivity index (χ3v) is 5.79. The smallest absolute Gasteiger partial charge is 0.303 e. The Hall–Kier alpha value is -2.92. The lowest BCUT2D eigenvalue weighted by molar-refractivity contribution is -0.136. The molecule has 0 saturated carbocycles. The third kappa shape index (κ3) is 4.79. The van der Waals surface area contributed by atoms with E-state index in [9.17, 15) is 9.18 Å². The summed E-state index contributed by atoms with van der Waals surface area (Å²) in [7, 11) is 0. The number of halogens is 1. The highest BCUT2D eigenvalue weighted by molar-refractivity contribution is 5.68. The molecule has 4 nitrogen and oxygen atoms in total. The summed E-state index contributed by atoms with van der Waals surface area (Å²) < 4.78 is 14.3. The standard InChI is InChI=1S/C25H27FN2O2/c26-23-16-21(12-10-19(23)11-13-25(29)30)27-17-18-8-9-20-5-4-14-28(24(20)15-18)22-6-2-1-3-7-22/h1-3,6-10,15-16,21,27H,4-5,11-14,17H2,(H,29,30). The SMILES string of the molecule is O=C(O)CCC1=CCC(NCc2ccc3c(c2)N(c2ccccc2)CCC3)C=C1F. The molecule has 1 heterocycles. The van der Waals surface area contributed by atoms with Crippen LogP contribution in [0.25, 0.3) is 0 Å². The lowest BCUT2D eigenvalue weighted by Gasteiger charge is -2.32. The summed E-state index contributed by atoms with van der Waals surface area (Å²) in [5.41, 5.74) is 5.50. The van der Waals surface area contributed by atoms with Crippen LogP contribution in [-0.2, 0) is 17.8 Å². The summed E-state index contributed by atoms with van der Waals surface area (Å²) in [5.74, 6) is -1.21. The van der Waals surface area contributed by atoms with Crippen LogP contribution >= 0.6 is 0 Å². The van der Waals surface area contributed by atoms with Gasteiger partial charge < -0.3 is 15.3 Å². The molecule has 4 rings (SSSR count). The summed E-state index contributed by atoms with van der Waals surface area (Å²) in [6.07, 6.45) is 6.49. The fraction of sp³-hybridized carbons (Fsp3) is 0.320. The summed E-state index contributed by atoms with van der Waals surface area (Å²) in [6, 6.07) is 17.0. The molecular weight excluding hydrogens is 379 g/mol. The topological polar surface area (TPSA) is 52.6 Å². The van der Waals surface area contributed by atoms with Crippen molar-refractivity contribution < 1.29 is 14.3 Å². The summed E-state index contributed by atoms with van der Waals surface area (Å²) in [4.78, 5) is 13.1. The zero-order chi connectivity index (χ0) is 20.9. The van der Waals surface area contributed by atoms with Gasteiger partial charge in [0.05, 0.1) is 0 Å². The number of carbonyl (C=O) groups is 1. The van der Waals surface area contributed by atoms with E-state index < -0.39 is 5.97 Å². The molecule has 0 fully saturated rings. The van der Waals surface area contributed by atoms with Crippen LogP contribution in [0.3, 0.4) is 0 Å². The van der Waals surface area contributed by atoms with Gasteiger partial charge in [-0.15, -0.1) is 0 Å². The number of carboxylic acid groups (broad SMARTS) is 1. The normalized spacial score (nSPS) is 18.4. The lowest BCUT2D eigenvalue weighted by Crippen LogP contribution is -2.29. The molecule has 2 aromatic carbocycles. The van der Waals surface area contributed by atoms with Gasteiger partial charge in [0, 0.05) is 36.9 Å². The largest absolute Gasteiger partial charge is 0.481 e. The Morgan fingerprint density at radius 3 is 2.80 bits per heavy atom. The molecule has 0 aromatic heterocycles. The van der Waals surface area contributed by atoms with Gasteiger partial charge in [0.25, 0.3) is 0 Å². The molecule has 2 aromatic rings. The zero-order valence-electron chi connectivity index (χ0n) is 17.0. The van der Waals surface area contributed by atoms with Crippen LogP contribution in [0.15, 0.2) is 72.1 Å². The highest BCUT2D eigenvalue weighted by atomic mass is 19.1. The van der Waals surface area contributed by atoms with E-state index in [-0.39, 0.29) is 24.7 Å². The average Bonchev–Trinajstić information content (AvgIpc) is 2.77. The molecule has 0 radical (unpaired) electrons. The summed E-state index contributed by atoms with van der Waals surface area (Å²) in [5, 5.41) is 12.2. The number of aliphatic carboxylic acids is 1. The molecule has 0 bridgehead atoms. The Morgan fingerprint density at radius 2 is 2.03 bits per heavy atom. The first-order chi connectivity index (χ1) is 14.6. The Bertz CT molecular complexity index is 968. The number of fused-ring (bicyclic) bond motifs is 1. The van der Waals surface area contributed by atoms with Crippen LogP contribution < -0.4 is 10.2 Å². The number of anilines is 2. The van der Waals surface area contributed by atoms with E-state index in [2.05, 4.69) is 52.7 Å². The molecule has 1 atom stereocenters. The number of carboxylic acids is 1. The van der Waals surface area contributed by atoms with E-state index in [4.69, 9.17) is 5.11 Å². The van der Waals surface area contributed by atoms with Crippen LogP contribution in [0, 0.1) is 0 Å². The van der Waals surface area contributed by atoms with E-state index in [1.807, 2.05) is 12.1 Å². The van der Waals surface area contributed by atoms with Crippen molar-refractivity contribution in [3.05, 3.63) is 83.2 Å². The van der Waals surface area contributed by atoms with E-state index in [1.165, 1.54) is 22.5 Å². The van der Waals surface area contributed by atoms with E-state index >= 15 is 0 Å². The van der Waals surface area contributed by atoms with Crippen LogP contribution in [0.1, 0.15) is 36.8 Å². The maximum absolute atomic E-state index is 14.3.